The molecule has 1 N–H and O–H groups in total. The van der Waals surface area contributed by atoms with Crippen LogP contribution in [0.4, 0.5) is 0 Å². The van der Waals surface area contributed by atoms with Gasteiger partial charge in [-0.2, -0.15) is 0 Å². The van der Waals surface area contributed by atoms with E-state index in [-0.39, 0.29) is 0 Å². The van der Waals surface area contributed by atoms with Crippen LogP contribution in [0.5, 0.6) is 0 Å². The number of rotatable bonds is 1. The maximum Gasteiger partial charge on any atom is 0.0921 e. The van der Waals surface area contributed by atoms with Crippen LogP contribution in [-0.2, 0) is 12.8 Å². The van der Waals surface area contributed by atoms with E-state index >= 15 is 0 Å². The quantitative estimate of drug-likeness (QED) is 0.784. The summed E-state index contributed by atoms with van der Waals surface area (Å²) in [7, 11) is 0. The number of aromatic amines is 1. The number of aromatic nitrogens is 2. The molecule has 1 atom stereocenters. The maximum atomic E-state index is 6.17. The largest absolute Gasteiger partial charge is 0.348 e. The van der Waals surface area contributed by atoms with Crippen molar-refractivity contribution in [3.8, 4) is 0 Å². The summed E-state index contributed by atoms with van der Waals surface area (Å²) in [4.78, 5) is 7.24. The van der Waals surface area contributed by atoms with Crippen molar-refractivity contribution in [2.45, 2.75) is 18.8 Å². The van der Waals surface area contributed by atoms with Gasteiger partial charge in [0.1, 0.15) is 0 Å². The summed E-state index contributed by atoms with van der Waals surface area (Å²) in [6.45, 7) is 0. The van der Waals surface area contributed by atoms with Crippen molar-refractivity contribution in [2.75, 3.05) is 0 Å². The Bertz CT molecular complexity index is 476. The Balaban J connectivity index is 1.96. The lowest BCUT2D eigenvalue weighted by Crippen LogP contribution is -1.97. The first-order valence-electron chi connectivity index (χ1n) is 5.09. The molecule has 76 valence electrons. The molecule has 2 aromatic rings. The first-order chi connectivity index (χ1) is 7.34. The predicted molar refractivity (Wildman–Crippen MR) is 60.2 cm³/mol. The number of nitrogens with one attached hydrogen (secondary N) is 1. The average Bonchev–Trinajstić information content (AvgIpc) is 2.86. The number of nitrogens with zero attached hydrogens (tertiary/aromatic N) is 1. The van der Waals surface area contributed by atoms with Gasteiger partial charge in [-0.15, -0.1) is 0 Å². The van der Waals surface area contributed by atoms with Gasteiger partial charge in [0.2, 0.25) is 0 Å². The van der Waals surface area contributed by atoms with E-state index in [4.69, 9.17) is 11.6 Å². The lowest BCUT2D eigenvalue weighted by molar-refractivity contribution is 0.719. The minimum Gasteiger partial charge on any atom is -0.348 e. The molecule has 1 aromatic heterocycles. The third-order valence-electron chi connectivity index (χ3n) is 3.09. The number of hydrogen-bond acceptors (Lipinski definition) is 1. The van der Waals surface area contributed by atoms with Crippen LogP contribution in [0.25, 0.3) is 0 Å². The fourth-order valence-corrected chi connectivity index (χ4v) is 2.59. The molecule has 1 aliphatic carbocycles. The smallest absolute Gasteiger partial charge is 0.0921 e. The van der Waals surface area contributed by atoms with Crippen molar-refractivity contribution < 1.29 is 0 Å². The molecule has 0 fully saturated rings. The lowest BCUT2D eigenvalue weighted by Gasteiger charge is -2.04. The molecular weight excluding hydrogens is 208 g/mol. The van der Waals surface area contributed by atoms with Gasteiger partial charge in [-0.3, -0.25) is 0 Å². The van der Waals surface area contributed by atoms with Crippen molar-refractivity contribution in [1.82, 2.24) is 9.97 Å². The molecule has 1 aromatic carbocycles. The van der Waals surface area contributed by atoms with Crippen LogP contribution in [0, 0.1) is 0 Å². The Morgan fingerprint density at radius 1 is 1.33 bits per heavy atom. The van der Waals surface area contributed by atoms with E-state index in [0.29, 0.717) is 5.92 Å². The molecule has 0 bridgehead atoms. The van der Waals surface area contributed by atoms with Crippen molar-refractivity contribution >= 4 is 11.6 Å². The number of benzene rings is 1. The molecule has 0 radical (unpaired) electrons. The highest BCUT2D eigenvalue weighted by molar-refractivity contribution is 6.31. The van der Waals surface area contributed by atoms with Gasteiger partial charge in [0.25, 0.3) is 0 Å². The molecule has 3 rings (SSSR count). The van der Waals surface area contributed by atoms with E-state index in [1.807, 2.05) is 18.3 Å². The summed E-state index contributed by atoms with van der Waals surface area (Å²) >= 11 is 6.17. The zero-order valence-corrected chi connectivity index (χ0v) is 8.96. The topological polar surface area (TPSA) is 28.7 Å². The molecule has 0 saturated carbocycles. The van der Waals surface area contributed by atoms with Crippen LogP contribution in [0.1, 0.15) is 22.7 Å². The SMILES string of the molecule is Clc1cccc2c1CC(c1cnc[nH]1)C2. The van der Waals surface area contributed by atoms with Gasteiger partial charge in [0.05, 0.1) is 6.33 Å². The Hall–Kier alpha value is -1.28. The highest BCUT2D eigenvalue weighted by atomic mass is 35.5. The summed E-state index contributed by atoms with van der Waals surface area (Å²) in [5.74, 6) is 0.516. The van der Waals surface area contributed by atoms with Gasteiger partial charge in [-0.25, -0.2) is 4.98 Å². The number of imidazole rings is 1. The van der Waals surface area contributed by atoms with Crippen molar-refractivity contribution in [2.24, 2.45) is 0 Å². The minimum absolute atomic E-state index is 0.516. The van der Waals surface area contributed by atoms with E-state index in [9.17, 15) is 0 Å². The van der Waals surface area contributed by atoms with Crippen LogP contribution in [0.2, 0.25) is 5.02 Å². The van der Waals surface area contributed by atoms with Crippen LogP contribution in [0.3, 0.4) is 0 Å². The van der Waals surface area contributed by atoms with E-state index in [2.05, 4.69) is 16.0 Å². The third kappa shape index (κ3) is 1.45. The van der Waals surface area contributed by atoms with Gasteiger partial charge < -0.3 is 4.98 Å². The van der Waals surface area contributed by atoms with Crippen molar-refractivity contribution in [1.29, 1.82) is 0 Å². The molecular formula is C12H11ClN2. The van der Waals surface area contributed by atoms with E-state index < -0.39 is 0 Å². The second-order valence-corrected chi connectivity index (χ2v) is 4.40. The first kappa shape index (κ1) is 8.98. The Labute approximate surface area is 93.3 Å². The van der Waals surface area contributed by atoms with Crippen molar-refractivity contribution in [3.05, 3.63) is 52.6 Å². The van der Waals surface area contributed by atoms with E-state index in [1.165, 1.54) is 16.8 Å². The predicted octanol–water partition coefficient (Wildman–Crippen LogP) is 2.95. The zero-order valence-electron chi connectivity index (χ0n) is 8.20. The summed E-state index contributed by atoms with van der Waals surface area (Å²) in [6, 6.07) is 6.16. The van der Waals surface area contributed by atoms with Gasteiger partial charge in [0, 0.05) is 22.8 Å². The highest BCUT2D eigenvalue weighted by Gasteiger charge is 2.25. The summed E-state index contributed by atoms with van der Waals surface area (Å²) in [5, 5.41) is 0.898. The van der Waals surface area contributed by atoms with Crippen LogP contribution in [-0.4, -0.2) is 9.97 Å². The molecule has 0 aliphatic heterocycles. The Kier molecular flexibility index (Phi) is 2.03. The second kappa shape index (κ2) is 3.38. The normalized spacial score (nSPS) is 19.1. The average molecular weight is 219 g/mol. The third-order valence-corrected chi connectivity index (χ3v) is 3.45. The van der Waals surface area contributed by atoms with E-state index in [1.54, 1.807) is 6.33 Å². The molecule has 15 heavy (non-hydrogen) atoms. The van der Waals surface area contributed by atoms with E-state index in [0.717, 1.165) is 17.9 Å². The summed E-state index contributed by atoms with van der Waals surface area (Å²) in [6.07, 6.45) is 5.74. The zero-order chi connectivity index (χ0) is 10.3. The summed E-state index contributed by atoms with van der Waals surface area (Å²) < 4.78 is 0. The number of hydrogen-bond donors (Lipinski definition) is 1. The molecule has 1 heterocycles. The maximum absolute atomic E-state index is 6.17. The number of H-pyrrole nitrogens is 1. The standard InChI is InChI=1S/C12H11ClN2/c13-11-3-1-2-8-4-9(5-10(8)11)12-6-14-7-15-12/h1-3,6-7,9H,4-5H2,(H,14,15). The van der Waals surface area contributed by atoms with Gasteiger partial charge in [-0.1, -0.05) is 23.7 Å². The first-order valence-corrected chi connectivity index (χ1v) is 5.47. The van der Waals surface area contributed by atoms with Gasteiger partial charge in [-0.05, 0) is 30.0 Å². The molecule has 0 spiro atoms. The number of fused-ring (bicyclic) bond motifs is 1. The van der Waals surface area contributed by atoms with Crippen LogP contribution in [0.15, 0.2) is 30.7 Å². The fraction of sp³-hybridized carbons (Fsp3) is 0.250. The highest BCUT2D eigenvalue weighted by Crippen LogP contribution is 2.36. The number of halogens is 1. The molecule has 0 saturated heterocycles. The van der Waals surface area contributed by atoms with Crippen LogP contribution >= 0.6 is 11.6 Å². The molecule has 2 nitrogen and oxygen atoms in total. The fourth-order valence-electron chi connectivity index (χ4n) is 2.32. The molecule has 3 heteroatoms. The lowest BCUT2D eigenvalue weighted by atomic mass is 10.0. The molecule has 1 unspecified atom stereocenters. The molecule has 1 aliphatic rings. The minimum atomic E-state index is 0.516. The van der Waals surface area contributed by atoms with Gasteiger partial charge >= 0.3 is 0 Å². The summed E-state index contributed by atoms with van der Waals surface area (Å²) in [5.41, 5.74) is 3.89. The van der Waals surface area contributed by atoms with Gasteiger partial charge in [0.15, 0.2) is 0 Å². The molecule has 0 amide bonds. The van der Waals surface area contributed by atoms with Crippen LogP contribution < -0.4 is 0 Å². The van der Waals surface area contributed by atoms with Crippen molar-refractivity contribution in [3.63, 3.8) is 0 Å². The second-order valence-electron chi connectivity index (χ2n) is 3.99. The monoisotopic (exact) mass is 218 g/mol. The Morgan fingerprint density at radius 2 is 2.27 bits per heavy atom. The Morgan fingerprint density at radius 3 is 3.00 bits per heavy atom.